The first-order valence-corrected chi connectivity index (χ1v) is 8.59. The van der Waals surface area contributed by atoms with Crippen LogP contribution in [0.25, 0.3) is 17.3 Å². The fourth-order valence-corrected chi connectivity index (χ4v) is 3.13. The number of hydrogen-bond donors (Lipinski definition) is 2. The summed E-state index contributed by atoms with van der Waals surface area (Å²) in [6.45, 7) is 2.73. The molecule has 3 N–H and O–H groups in total. The minimum atomic E-state index is -0.952. The lowest BCUT2D eigenvalue weighted by Crippen LogP contribution is -2.36. The number of aromatic nitrogens is 1. The molecule has 1 saturated heterocycles. The van der Waals surface area contributed by atoms with Gasteiger partial charge in [-0.2, -0.15) is 0 Å². The molecule has 0 radical (unpaired) electrons. The summed E-state index contributed by atoms with van der Waals surface area (Å²) in [5.41, 5.74) is 8.48. The summed E-state index contributed by atoms with van der Waals surface area (Å²) in [7, 11) is 0. The molecule has 2 heterocycles. The predicted octanol–water partition coefficient (Wildman–Crippen LogP) is 3.02. The summed E-state index contributed by atoms with van der Waals surface area (Å²) in [4.78, 5) is 17.8. The molecule has 25 heavy (non-hydrogen) atoms. The topological polar surface area (TPSA) is 79.5 Å². The van der Waals surface area contributed by atoms with Gasteiger partial charge in [0.05, 0.1) is 5.69 Å². The molecule has 0 atom stereocenters. The molecule has 130 valence electrons. The molecular weight excluding hydrogens is 314 g/mol. The van der Waals surface area contributed by atoms with Gasteiger partial charge in [-0.05, 0) is 55.1 Å². The minimum absolute atomic E-state index is 0.622. The second-order valence-electron chi connectivity index (χ2n) is 6.34. The number of carbonyl (C=O) groups is 1. The molecule has 0 spiro atoms. The van der Waals surface area contributed by atoms with Crippen molar-refractivity contribution in [1.82, 2.24) is 4.98 Å². The highest BCUT2D eigenvalue weighted by Crippen LogP contribution is 2.25. The van der Waals surface area contributed by atoms with Crippen molar-refractivity contribution in [3.05, 3.63) is 54.1 Å². The number of benzene rings is 1. The third kappa shape index (κ3) is 4.45. The molecule has 1 aliphatic heterocycles. The van der Waals surface area contributed by atoms with E-state index in [-0.39, 0.29) is 0 Å². The van der Waals surface area contributed by atoms with Gasteiger partial charge in [0.15, 0.2) is 0 Å². The molecule has 5 nitrogen and oxygen atoms in total. The van der Waals surface area contributed by atoms with E-state index >= 15 is 0 Å². The molecule has 0 aliphatic carbocycles. The van der Waals surface area contributed by atoms with E-state index in [1.54, 1.807) is 6.08 Å². The van der Waals surface area contributed by atoms with Crippen LogP contribution in [-0.4, -0.2) is 35.7 Å². The second-order valence-corrected chi connectivity index (χ2v) is 6.34. The van der Waals surface area contributed by atoms with Crippen LogP contribution in [-0.2, 0) is 4.79 Å². The second kappa shape index (κ2) is 7.94. The number of carboxylic acid groups (broad SMARTS) is 1. The molecule has 3 rings (SSSR count). The Hall–Kier alpha value is -2.66. The van der Waals surface area contributed by atoms with Gasteiger partial charge < -0.3 is 15.7 Å². The molecule has 1 fully saturated rings. The predicted molar refractivity (Wildman–Crippen MR) is 100 cm³/mol. The lowest BCUT2D eigenvalue weighted by Gasteiger charge is -2.32. The van der Waals surface area contributed by atoms with Crippen molar-refractivity contribution in [1.29, 1.82) is 0 Å². The highest BCUT2D eigenvalue weighted by atomic mass is 16.4. The molecule has 0 saturated carbocycles. The average molecular weight is 337 g/mol. The monoisotopic (exact) mass is 337 g/mol. The number of anilines is 1. The molecule has 1 aromatic heterocycles. The Morgan fingerprint density at radius 3 is 2.72 bits per heavy atom. The van der Waals surface area contributed by atoms with Crippen molar-refractivity contribution in [2.24, 2.45) is 11.7 Å². The van der Waals surface area contributed by atoms with Crippen LogP contribution in [0.3, 0.4) is 0 Å². The maximum atomic E-state index is 10.7. The SMILES string of the molecule is NCC1CCN(c2cccc(-c3cccc(C=CC(=O)O)c3)n2)CC1. The normalized spacial score (nSPS) is 15.6. The molecular formula is C20H23N3O2. The van der Waals surface area contributed by atoms with E-state index in [2.05, 4.69) is 4.90 Å². The van der Waals surface area contributed by atoms with Gasteiger partial charge in [0, 0.05) is 24.7 Å². The summed E-state index contributed by atoms with van der Waals surface area (Å²) >= 11 is 0. The first-order chi connectivity index (χ1) is 12.2. The zero-order valence-electron chi connectivity index (χ0n) is 14.1. The van der Waals surface area contributed by atoms with Crippen LogP contribution in [0.1, 0.15) is 18.4 Å². The van der Waals surface area contributed by atoms with E-state index < -0.39 is 5.97 Å². The van der Waals surface area contributed by atoms with E-state index in [0.717, 1.165) is 61.2 Å². The van der Waals surface area contributed by atoms with Crippen LogP contribution in [0, 0.1) is 5.92 Å². The highest BCUT2D eigenvalue weighted by molar-refractivity contribution is 5.85. The lowest BCUT2D eigenvalue weighted by atomic mass is 9.97. The third-order valence-electron chi connectivity index (χ3n) is 4.61. The maximum Gasteiger partial charge on any atom is 0.328 e. The number of nitrogens with zero attached hydrogens (tertiary/aromatic N) is 2. The van der Waals surface area contributed by atoms with E-state index in [1.165, 1.54) is 0 Å². The van der Waals surface area contributed by atoms with Crippen LogP contribution < -0.4 is 10.6 Å². The number of rotatable bonds is 5. The molecule has 0 unspecified atom stereocenters. The van der Waals surface area contributed by atoms with E-state index in [4.69, 9.17) is 15.8 Å². The quantitative estimate of drug-likeness (QED) is 0.820. The van der Waals surface area contributed by atoms with Crippen molar-refractivity contribution in [2.45, 2.75) is 12.8 Å². The Kier molecular flexibility index (Phi) is 5.46. The highest BCUT2D eigenvalue weighted by Gasteiger charge is 2.19. The summed E-state index contributed by atoms with van der Waals surface area (Å²) < 4.78 is 0. The number of aliphatic carboxylic acids is 1. The summed E-state index contributed by atoms with van der Waals surface area (Å²) in [6.07, 6.45) is 4.95. The van der Waals surface area contributed by atoms with Gasteiger partial charge in [0.25, 0.3) is 0 Å². The lowest BCUT2D eigenvalue weighted by molar-refractivity contribution is -0.131. The van der Waals surface area contributed by atoms with Crippen molar-refractivity contribution in [2.75, 3.05) is 24.5 Å². The van der Waals surface area contributed by atoms with Gasteiger partial charge >= 0.3 is 5.97 Å². The Balaban J connectivity index is 1.80. The smallest absolute Gasteiger partial charge is 0.328 e. The maximum absolute atomic E-state index is 10.7. The largest absolute Gasteiger partial charge is 0.478 e. The van der Waals surface area contributed by atoms with Crippen molar-refractivity contribution >= 4 is 17.9 Å². The fourth-order valence-electron chi connectivity index (χ4n) is 3.13. The Labute approximate surface area is 147 Å². The number of piperidine rings is 1. The Bertz CT molecular complexity index is 765. The van der Waals surface area contributed by atoms with Gasteiger partial charge in [-0.15, -0.1) is 0 Å². The number of carboxylic acids is 1. The van der Waals surface area contributed by atoms with Crippen LogP contribution in [0.15, 0.2) is 48.5 Å². The van der Waals surface area contributed by atoms with Crippen LogP contribution in [0.4, 0.5) is 5.82 Å². The van der Waals surface area contributed by atoms with Crippen LogP contribution in [0.2, 0.25) is 0 Å². The van der Waals surface area contributed by atoms with Gasteiger partial charge in [0.1, 0.15) is 5.82 Å². The first kappa shape index (κ1) is 17.2. The van der Waals surface area contributed by atoms with Crippen molar-refractivity contribution in [3.8, 4) is 11.3 Å². The third-order valence-corrected chi connectivity index (χ3v) is 4.61. The number of pyridine rings is 1. The molecule has 5 heteroatoms. The van der Waals surface area contributed by atoms with Gasteiger partial charge in [0.2, 0.25) is 0 Å². The van der Waals surface area contributed by atoms with Gasteiger partial charge in [-0.25, -0.2) is 9.78 Å². The zero-order chi connectivity index (χ0) is 17.6. The zero-order valence-corrected chi connectivity index (χ0v) is 14.1. The van der Waals surface area contributed by atoms with Crippen LogP contribution >= 0.6 is 0 Å². The standard InChI is InChI=1S/C20H23N3O2/c21-14-16-9-11-23(12-10-16)19-6-2-5-18(22-19)17-4-1-3-15(13-17)7-8-20(24)25/h1-8,13,16H,9-12,14,21H2,(H,24,25). The number of hydrogen-bond acceptors (Lipinski definition) is 4. The fraction of sp³-hybridized carbons (Fsp3) is 0.300. The summed E-state index contributed by atoms with van der Waals surface area (Å²) in [6, 6.07) is 13.8. The van der Waals surface area contributed by atoms with Crippen molar-refractivity contribution in [3.63, 3.8) is 0 Å². The first-order valence-electron chi connectivity index (χ1n) is 8.59. The molecule has 0 bridgehead atoms. The van der Waals surface area contributed by atoms with Crippen LogP contribution in [0.5, 0.6) is 0 Å². The molecule has 1 aromatic carbocycles. The average Bonchev–Trinajstić information content (AvgIpc) is 2.67. The minimum Gasteiger partial charge on any atom is -0.478 e. The molecule has 2 aromatic rings. The van der Waals surface area contributed by atoms with E-state index in [9.17, 15) is 4.79 Å². The summed E-state index contributed by atoms with van der Waals surface area (Å²) in [5.74, 6) is 0.656. The van der Waals surface area contributed by atoms with E-state index in [1.807, 2.05) is 42.5 Å². The summed E-state index contributed by atoms with van der Waals surface area (Å²) in [5, 5.41) is 8.77. The molecule has 0 amide bonds. The Morgan fingerprint density at radius 1 is 1.24 bits per heavy atom. The Morgan fingerprint density at radius 2 is 2.00 bits per heavy atom. The number of nitrogens with two attached hydrogens (primary N) is 1. The van der Waals surface area contributed by atoms with Gasteiger partial charge in [-0.1, -0.05) is 24.3 Å². The van der Waals surface area contributed by atoms with Gasteiger partial charge in [-0.3, -0.25) is 0 Å². The van der Waals surface area contributed by atoms with E-state index in [0.29, 0.717) is 5.92 Å². The van der Waals surface area contributed by atoms with Crippen molar-refractivity contribution < 1.29 is 9.90 Å². The molecule has 1 aliphatic rings.